The number of hydrogen-bond acceptors (Lipinski definition) is 6. The number of carbonyl (C=O) groups is 1. The zero-order valence-corrected chi connectivity index (χ0v) is 12.8. The molecule has 1 aromatic carbocycles. The SMILES string of the molecule is O=C1Cc2cnc(N3CCN(Cc4ccccc4)CC3)nc2O1. The van der Waals surface area contributed by atoms with Gasteiger partial charge in [0.1, 0.15) is 0 Å². The fourth-order valence-electron chi connectivity index (χ4n) is 2.99. The summed E-state index contributed by atoms with van der Waals surface area (Å²) >= 11 is 0. The second kappa shape index (κ2) is 5.96. The number of fused-ring (bicyclic) bond motifs is 1. The highest BCUT2D eigenvalue weighted by atomic mass is 16.5. The fourth-order valence-corrected chi connectivity index (χ4v) is 2.99. The average molecular weight is 310 g/mol. The van der Waals surface area contributed by atoms with Gasteiger partial charge in [0.15, 0.2) is 0 Å². The first-order chi connectivity index (χ1) is 11.3. The number of ether oxygens (including phenoxy) is 1. The van der Waals surface area contributed by atoms with Crippen LogP contribution in [0.1, 0.15) is 11.1 Å². The molecule has 0 unspecified atom stereocenters. The van der Waals surface area contributed by atoms with Crippen molar-refractivity contribution in [1.82, 2.24) is 14.9 Å². The first kappa shape index (κ1) is 14.1. The third-order valence-electron chi connectivity index (χ3n) is 4.26. The lowest BCUT2D eigenvalue weighted by Crippen LogP contribution is -2.46. The van der Waals surface area contributed by atoms with E-state index in [1.807, 2.05) is 6.07 Å². The summed E-state index contributed by atoms with van der Waals surface area (Å²) in [5, 5.41) is 0. The molecule has 0 radical (unpaired) electrons. The molecule has 2 aromatic rings. The van der Waals surface area contributed by atoms with Crippen molar-refractivity contribution in [1.29, 1.82) is 0 Å². The van der Waals surface area contributed by atoms with Gasteiger partial charge in [0.05, 0.1) is 6.42 Å². The Morgan fingerprint density at radius 3 is 2.65 bits per heavy atom. The summed E-state index contributed by atoms with van der Waals surface area (Å²) < 4.78 is 5.11. The molecule has 1 saturated heterocycles. The van der Waals surface area contributed by atoms with Crippen LogP contribution in [0, 0.1) is 0 Å². The van der Waals surface area contributed by atoms with E-state index in [1.165, 1.54) is 5.56 Å². The molecular weight excluding hydrogens is 292 g/mol. The Kier molecular flexibility index (Phi) is 3.67. The maximum Gasteiger partial charge on any atom is 0.317 e. The lowest BCUT2D eigenvalue weighted by atomic mass is 10.2. The lowest BCUT2D eigenvalue weighted by Gasteiger charge is -2.34. The van der Waals surface area contributed by atoms with Gasteiger partial charge in [-0.15, -0.1) is 0 Å². The standard InChI is InChI=1S/C17H18N4O2/c22-15-10-14-11-18-17(19-16(14)23-15)21-8-6-20(7-9-21)12-13-4-2-1-3-5-13/h1-5,11H,6-10,12H2. The topological polar surface area (TPSA) is 58.6 Å². The van der Waals surface area contributed by atoms with Crippen LogP contribution in [0.5, 0.6) is 5.88 Å². The van der Waals surface area contributed by atoms with Crippen molar-refractivity contribution in [3.63, 3.8) is 0 Å². The van der Waals surface area contributed by atoms with Gasteiger partial charge in [0, 0.05) is 44.5 Å². The molecule has 0 atom stereocenters. The number of hydrogen-bond donors (Lipinski definition) is 0. The van der Waals surface area contributed by atoms with Crippen LogP contribution in [0.25, 0.3) is 0 Å². The van der Waals surface area contributed by atoms with Crippen molar-refractivity contribution in [3.8, 4) is 5.88 Å². The molecule has 2 aliphatic rings. The van der Waals surface area contributed by atoms with Crippen LogP contribution in [-0.2, 0) is 17.8 Å². The van der Waals surface area contributed by atoms with E-state index in [4.69, 9.17) is 4.74 Å². The highest BCUT2D eigenvalue weighted by molar-refractivity contribution is 5.79. The van der Waals surface area contributed by atoms with Crippen LogP contribution in [0.4, 0.5) is 5.95 Å². The number of aromatic nitrogens is 2. The number of esters is 1. The predicted octanol–water partition coefficient (Wildman–Crippen LogP) is 1.26. The molecule has 1 fully saturated rings. The smallest absolute Gasteiger partial charge is 0.317 e. The average Bonchev–Trinajstić information content (AvgIpc) is 2.95. The first-order valence-corrected chi connectivity index (χ1v) is 7.86. The molecule has 1 aromatic heterocycles. The summed E-state index contributed by atoms with van der Waals surface area (Å²) in [6.07, 6.45) is 1.99. The van der Waals surface area contributed by atoms with Gasteiger partial charge in [-0.1, -0.05) is 30.3 Å². The quantitative estimate of drug-likeness (QED) is 0.796. The van der Waals surface area contributed by atoms with Crippen LogP contribution < -0.4 is 9.64 Å². The van der Waals surface area contributed by atoms with Crippen LogP contribution in [0.3, 0.4) is 0 Å². The molecule has 2 aliphatic heterocycles. The Hall–Kier alpha value is -2.47. The maximum absolute atomic E-state index is 11.3. The van der Waals surface area contributed by atoms with Crippen LogP contribution in [-0.4, -0.2) is 47.0 Å². The van der Waals surface area contributed by atoms with Gasteiger partial charge in [-0.3, -0.25) is 9.69 Å². The highest BCUT2D eigenvalue weighted by Gasteiger charge is 2.25. The molecule has 23 heavy (non-hydrogen) atoms. The zero-order chi connectivity index (χ0) is 15.6. The third-order valence-corrected chi connectivity index (χ3v) is 4.26. The molecule has 6 heteroatoms. The van der Waals surface area contributed by atoms with Gasteiger partial charge in [-0.05, 0) is 5.56 Å². The summed E-state index contributed by atoms with van der Waals surface area (Å²) in [4.78, 5) is 24.6. The molecule has 118 valence electrons. The van der Waals surface area contributed by atoms with Crippen LogP contribution >= 0.6 is 0 Å². The van der Waals surface area contributed by atoms with Gasteiger partial charge < -0.3 is 9.64 Å². The van der Waals surface area contributed by atoms with E-state index in [0.717, 1.165) is 38.3 Å². The minimum absolute atomic E-state index is 0.251. The van der Waals surface area contributed by atoms with Crippen molar-refractivity contribution >= 4 is 11.9 Å². The van der Waals surface area contributed by atoms with Gasteiger partial charge in [0.2, 0.25) is 11.8 Å². The largest absolute Gasteiger partial charge is 0.407 e. The van der Waals surface area contributed by atoms with E-state index in [9.17, 15) is 4.79 Å². The minimum Gasteiger partial charge on any atom is -0.407 e. The molecule has 3 heterocycles. The Labute approximate surface area is 134 Å². The van der Waals surface area contributed by atoms with E-state index in [1.54, 1.807) is 6.20 Å². The predicted molar refractivity (Wildman–Crippen MR) is 85.3 cm³/mol. The number of nitrogens with zero attached hydrogens (tertiary/aromatic N) is 4. The third kappa shape index (κ3) is 3.03. The molecule has 0 aliphatic carbocycles. The van der Waals surface area contributed by atoms with Gasteiger partial charge in [-0.25, -0.2) is 4.98 Å². The summed E-state index contributed by atoms with van der Waals surface area (Å²) in [7, 11) is 0. The van der Waals surface area contributed by atoms with Gasteiger partial charge >= 0.3 is 5.97 Å². The normalized spacial score (nSPS) is 17.9. The molecule has 0 saturated carbocycles. The number of carbonyl (C=O) groups excluding carboxylic acids is 1. The van der Waals surface area contributed by atoms with Crippen molar-refractivity contribution in [2.45, 2.75) is 13.0 Å². The van der Waals surface area contributed by atoms with E-state index >= 15 is 0 Å². The molecule has 0 N–H and O–H groups in total. The molecule has 0 amide bonds. The van der Waals surface area contributed by atoms with E-state index in [0.29, 0.717) is 11.8 Å². The molecular formula is C17H18N4O2. The van der Waals surface area contributed by atoms with Crippen LogP contribution in [0.15, 0.2) is 36.5 Å². The van der Waals surface area contributed by atoms with Gasteiger partial charge in [0.25, 0.3) is 0 Å². The summed E-state index contributed by atoms with van der Waals surface area (Å²) in [5.74, 6) is 0.823. The Balaban J connectivity index is 1.38. The van der Waals surface area contributed by atoms with E-state index in [2.05, 4.69) is 44.0 Å². The van der Waals surface area contributed by atoms with Crippen LogP contribution in [0.2, 0.25) is 0 Å². The zero-order valence-electron chi connectivity index (χ0n) is 12.8. The lowest BCUT2D eigenvalue weighted by molar-refractivity contribution is -0.132. The maximum atomic E-state index is 11.3. The molecule has 6 nitrogen and oxygen atoms in total. The van der Waals surface area contributed by atoms with E-state index < -0.39 is 0 Å². The van der Waals surface area contributed by atoms with Crippen molar-refractivity contribution in [2.75, 3.05) is 31.1 Å². The summed E-state index contributed by atoms with van der Waals surface area (Å²) in [5.41, 5.74) is 2.11. The Morgan fingerprint density at radius 2 is 1.87 bits per heavy atom. The minimum atomic E-state index is -0.251. The monoisotopic (exact) mass is 310 g/mol. The van der Waals surface area contributed by atoms with Crippen molar-refractivity contribution < 1.29 is 9.53 Å². The number of piperazine rings is 1. The Bertz CT molecular complexity index is 712. The fraction of sp³-hybridized carbons (Fsp3) is 0.353. The van der Waals surface area contributed by atoms with Crippen molar-refractivity contribution in [2.24, 2.45) is 0 Å². The number of rotatable bonds is 3. The number of anilines is 1. The van der Waals surface area contributed by atoms with Crippen molar-refractivity contribution in [3.05, 3.63) is 47.7 Å². The molecule has 4 rings (SSSR count). The first-order valence-electron chi connectivity index (χ1n) is 7.86. The summed E-state index contributed by atoms with van der Waals surface area (Å²) in [6.45, 7) is 4.65. The number of benzene rings is 1. The summed E-state index contributed by atoms with van der Waals surface area (Å²) in [6, 6.07) is 10.5. The van der Waals surface area contributed by atoms with E-state index in [-0.39, 0.29) is 12.4 Å². The second-order valence-electron chi connectivity index (χ2n) is 5.90. The molecule has 0 spiro atoms. The second-order valence-corrected chi connectivity index (χ2v) is 5.90. The van der Waals surface area contributed by atoms with Gasteiger partial charge in [-0.2, -0.15) is 4.98 Å². The molecule has 0 bridgehead atoms. The Morgan fingerprint density at radius 1 is 1.09 bits per heavy atom. The highest BCUT2D eigenvalue weighted by Crippen LogP contribution is 2.25.